The molecule has 0 aromatic carbocycles. The minimum atomic E-state index is -0.809. The smallest absolute Gasteiger partial charge is 0.308 e. The van der Waals surface area contributed by atoms with E-state index in [9.17, 15) is 14.7 Å². The Bertz CT molecular complexity index is 621. The molecule has 1 amide bonds. The summed E-state index contributed by atoms with van der Waals surface area (Å²) in [5, 5.41) is 13.8. The molecular weight excluding hydrogens is 306 g/mol. The van der Waals surface area contributed by atoms with E-state index in [0.29, 0.717) is 31.8 Å². The zero-order valence-corrected chi connectivity index (χ0v) is 15.4. The van der Waals surface area contributed by atoms with Gasteiger partial charge in [0.05, 0.1) is 18.0 Å². The topological polar surface area (TPSA) is 75.4 Å². The number of hydrogen-bond acceptors (Lipinski definition) is 3. The molecule has 6 heteroatoms. The predicted octanol–water partition coefficient (Wildman–Crippen LogP) is 2.27. The van der Waals surface area contributed by atoms with Gasteiger partial charge in [0.1, 0.15) is 0 Å². The maximum atomic E-state index is 12.7. The van der Waals surface area contributed by atoms with Crippen LogP contribution >= 0.6 is 0 Å². The number of carbonyl (C=O) groups excluding carboxylic acids is 1. The van der Waals surface area contributed by atoms with Crippen LogP contribution in [0.25, 0.3) is 0 Å². The molecule has 6 nitrogen and oxygen atoms in total. The van der Waals surface area contributed by atoms with Crippen LogP contribution in [0, 0.1) is 31.6 Å². The first-order valence-corrected chi connectivity index (χ1v) is 8.72. The maximum absolute atomic E-state index is 12.7. The van der Waals surface area contributed by atoms with Gasteiger partial charge in [0, 0.05) is 30.9 Å². The fraction of sp³-hybridized carbons (Fsp3) is 0.722. The summed E-state index contributed by atoms with van der Waals surface area (Å²) < 4.78 is 1.97. The van der Waals surface area contributed by atoms with Crippen LogP contribution < -0.4 is 0 Å². The number of aryl methyl sites for hydroxylation is 1. The van der Waals surface area contributed by atoms with Gasteiger partial charge in [0.2, 0.25) is 5.91 Å². The van der Waals surface area contributed by atoms with Crippen molar-refractivity contribution in [2.75, 3.05) is 13.1 Å². The fourth-order valence-electron chi connectivity index (χ4n) is 3.51. The number of likely N-dealkylation sites (tertiary alicyclic amines) is 1. The van der Waals surface area contributed by atoms with E-state index in [4.69, 9.17) is 0 Å². The van der Waals surface area contributed by atoms with E-state index in [-0.39, 0.29) is 11.8 Å². The van der Waals surface area contributed by atoms with Crippen molar-refractivity contribution < 1.29 is 14.7 Å². The highest BCUT2D eigenvalue weighted by molar-refractivity contribution is 5.80. The molecule has 0 aliphatic carbocycles. The van der Waals surface area contributed by atoms with E-state index < -0.39 is 11.9 Å². The number of aliphatic carboxylic acids is 1. The van der Waals surface area contributed by atoms with Crippen LogP contribution in [0.3, 0.4) is 0 Å². The molecule has 134 valence electrons. The minimum Gasteiger partial charge on any atom is -0.481 e. The zero-order valence-electron chi connectivity index (χ0n) is 15.4. The van der Waals surface area contributed by atoms with E-state index in [2.05, 4.69) is 18.9 Å². The Labute approximate surface area is 143 Å². The highest BCUT2D eigenvalue weighted by Gasteiger charge is 2.32. The van der Waals surface area contributed by atoms with Crippen molar-refractivity contribution in [3.8, 4) is 0 Å². The summed E-state index contributed by atoms with van der Waals surface area (Å²) in [5.41, 5.74) is 2.90. The number of carboxylic acid groups (broad SMARTS) is 1. The molecule has 2 heterocycles. The van der Waals surface area contributed by atoms with Crippen LogP contribution in [-0.2, 0) is 22.6 Å². The Hall–Kier alpha value is -1.85. The molecule has 24 heavy (non-hydrogen) atoms. The summed E-state index contributed by atoms with van der Waals surface area (Å²) >= 11 is 0. The van der Waals surface area contributed by atoms with Gasteiger partial charge in [0.25, 0.3) is 0 Å². The van der Waals surface area contributed by atoms with Gasteiger partial charge in [-0.15, -0.1) is 0 Å². The molecule has 1 aliphatic rings. The van der Waals surface area contributed by atoms with Crippen molar-refractivity contribution in [2.45, 2.75) is 54.0 Å². The monoisotopic (exact) mass is 335 g/mol. The molecule has 1 saturated heterocycles. The minimum absolute atomic E-state index is 0.00287. The first-order valence-electron chi connectivity index (χ1n) is 8.72. The van der Waals surface area contributed by atoms with Crippen LogP contribution in [-0.4, -0.2) is 44.8 Å². The second kappa shape index (κ2) is 7.36. The molecule has 1 N–H and O–H groups in total. The lowest BCUT2D eigenvalue weighted by Gasteiger charge is -2.34. The Balaban J connectivity index is 2.12. The Kier molecular flexibility index (Phi) is 5.67. The molecule has 0 spiro atoms. The van der Waals surface area contributed by atoms with Gasteiger partial charge in [-0.3, -0.25) is 14.3 Å². The lowest BCUT2D eigenvalue weighted by molar-refractivity contribution is -0.146. The second-order valence-corrected chi connectivity index (χ2v) is 7.58. The van der Waals surface area contributed by atoms with Gasteiger partial charge in [-0.25, -0.2) is 0 Å². The molecule has 1 aliphatic heterocycles. The van der Waals surface area contributed by atoms with Crippen molar-refractivity contribution in [3.05, 3.63) is 17.0 Å². The van der Waals surface area contributed by atoms with Gasteiger partial charge in [-0.2, -0.15) is 5.10 Å². The first-order chi connectivity index (χ1) is 11.2. The van der Waals surface area contributed by atoms with Crippen molar-refractivity contribution in [1.29, 1.82) is 0 Å². The van der Waals surface area contributed by atoms with Gasteiger partial charge in [-0.05, 0) is 32.1 Å². The number of amides is 1. The Morgan fingerprint density at radius 2 is 1.96 bits per heavy atom. The van der Waals surface area contributed by atoms with Gasteiger partial charge >= 0.3 is 5.97 Å². The Morgan fingerprint density at radius 1 is 1.29 bits per heavy atom. The third-order valence-electron chi connectivity index (χ3n) is 4.76. The average Bonchev–Trinajstić information content (AvgIpc) is 2.73. The third kappa shape index (κ3) is 4.16. The molecule has 1 aromatic rings. The SMILES string of the molecule is Cc1nn(CC(C)C)c(C)c1CC(=O)N1CC(C)CC(C(=O)O)C1. The van der Waals surface area contributed by atoms with Crippen LogP contribution in [0.4, 0.5) is 0 Å². The number of hydrogen-bond donors (Lipinski definition) is 1. The second-order valence-electron chi connectivity index (χ2n) is 7.58. The summed E-state index contributed by atoms with van der Waals surface area (Å²) in [6.07, 6.45) is 0.943. The average molecular weight is 335 g/mol. The number of nitrogens with zero attached hydrogens (tertiary/aromatic N) is 3. The van der Waals surface area contributed by atoms with Crippen molar-refractivity contribution in [2.24, 2.45) is 17.8 Å². The number of piperidine rings is 1. The molecule has 0 bridgehead atoms. The predicted molar refractivity (Wildman–Crippen MR) is 91.7 cm³/mol. The van der Waals surface area contributed by atoms with Crippen molar-refractivity contribution in [3.63, 3.8) is 0 Å². The van der Waals surface area contributed by atoms with Gasteiger partial charge in [0.15, 0.2) is 0 Å². The standard InChI is InChI=1S/C18H29N3O3/c1-11(2)8-21-14(5)16(13(4)19-21)7-17(22)20-9-12(3)6-15(10-20)18(23)24/h11-12,15H,6-10H2,1-5H3,(H,23,24). The lowest BCUT2D eigenvalue weighted by atomic mass is 9.90. The summed E-state index contributed by atoms with van der Waals surface area (Å²) in [6.45, 7) is 12.0. The molecule has 1 fully saturated rings. The summed E-state index contributed by atoms with van der Waals surface area (Å²) in [6, 6.07) is 0. The first kappa shape index (κ1) is 18.5. The highest BCUT2D eigenvalue weighted by Crippen LogP contribution is 2.23. The van der Waals surface area contributed by atoms with Crippen LogP contribution in [0.2, 0.25) is 0 Å². The quantitative estimate of drug-likeness (QED) is 0.895. The van der Waals surface area contributed by atoms with Crippen LogP contribution in [0.15, 0.2) is 0 Å². The zero-order chi connectivity index (χ0) is 18.0. The van der Waals surface area contributed by atoms with E-state index in [1.54, 1.807) is 4.90 Å². The normalized spacial score (nSPS) is 21.3. The van der Waals surface area contributed by atoms with Gasteiger partial charge in [-0.1, -0.05) is 20.8 Å². The molecule has 0 radical (unpaired) electrons. The fourth-order valence-corrected chi connectivity index (χ4v) is 3.51. The molecule has 2 atom stereocenters. The summed E-state index contributed by atoms with van der Waals surface area (Å²) in [4.78, 5) is 25.7. The summed E-state index contributed by atoms with van der Waals surface area (Å²) in [7, 11) is 0. The Morgan fingerprint density at radius 3 is 2.54 bits per heavy atom. The number of carboxylic acids is 1. The van der Waals surface area contributed by atoms with E-state index in [1.165, 1.54) is 0 Å². The molecule has 2 rings (SSSR count). The number of aromatic nitrogens is 2. The molecule has 1 aromatic heterocycles. The third-order valence-corrected chi connectivity index (χ3v) is 4.76. The van der Waals surface area contributed by atoms with Crippen LogP contribution in [0.1, 0.15) is 44.1 Å². The van der Waals surface area contributed by atoms with Crippen LogP contribution in [0.5, 0.6) is 0 Å². The number of rotatable bonds is 5. The van der Waals surface area contributed by atoms with Gasteiger partial charge < -0.3 is 10.0 Å². The maximum Gasteiger partial charge on any atom is 0.308 e. The van der Waals surface area contributed by atoms with Crippen molar-refractivity contribution >= 4 is 11.9 Å². The number of carbonyl (C=O) groups is 2. The van der Waals surface area contributed by atoms with Crippen molar-refractivity contribution in [1.82, 2.24) is 14.7 Å². The highest BCUT2D eigenvalue weighted by atomic mass is 16.4. The van der Waals surface area contributed by atoms with E-state index in [0.717, 1.165) is 23.5 Å². The molecule has 0 saturated carbocycles. The molecule has 2 unspecified atom stereocenters. The summed E-state index contributed by atoms with van der Waals surface area (Å²) in [5.74, 6) is -0.552. The van der Waals surface area contributed by atoms with E-state index >= 15 is 0 Å². The molecular formula is C18H29N3O3. The lowest BCUT2D eigenvalue weighted by Crippen LogP contribution is -2.46. The van der Waals surface area contributed by atoms with E-state index in [1.807, 2.05) is 25.5 Å². The largest absolute Gasteiger partial charge is 0.481 e.